The van der Waals surface area contributed by atoms with E-state index in [0.717, 1.165) is 16.9 Å². The number of hydrogen-bond acceptors (Lipinski definition) is 7. The van der Waals surface area contributed by atoms with Crippen LogP contribution in [0.4, 0.5) is 0 Å². The highest BCUT2D eigenvalue weighted by molar-refractivity contribution is 7.07. The molecular formula is C24H23N3O4S. The molecular weight excluding hydrogens is 426 g/mol. The molecule has 1 aliphatic rings. The standard InChI is InChI=1S/C24H23N3O4S/c1-4-30-18-10-8-17(9-11-18)21-20(23(29)31-5-2)15(3)26-24-27(21)22(28)19(32-24)13-16-7-6-12-25-14-16/h6-14,21H,4-5H2,1-3H3. The third-order valence-electron chi connectivity index (χ3n) is 5.01. The summed E-state index contributed by atoms with van der Waals surface area (Å²) in [5, 5.41) is 0. The van der Waals surface area contributed by atoms with Gasteiger partial charge in [0.2, 0.25) is 0 Å². The maximum Gasteiger partial charge on any atom is 0.338 e. The second-order valence-corrected chi connectivity index (χ2v) is 8.10. The van der Waals surface area contributed by atoms with Gasteiger partial charge < -0.3 is 9.47 Å². The van der Waals surface area contributed by atoms with Crippen LogP contribution in [0.3, 0.4) is 0 Å². The molecule has 0 bridgehead atoms. The molecule has 3 aromatic rings. The van der Waals surface area contributed by atoms with Gasteiger partial charge in [0, 0.05) is 12.4 Å². The summed E-state index contributed by atoms with van der Waals surface area (Å²) in [6.07, 6.45) is 5.16. The van der Waals surface area contributed by atoms with Crippen LogP contribution in [0.5, 0.6) is 5.75 Å². The van der Waals surface area contributed by atoms with Gasteiger partial charge in [-0.2, -0.15) is 0 Å². The number of carbonyl (C=O) groups is 1. The Balaban J connectivity index is 1.92. The van der Waals surface area contributed by atoms with Crippen LogP contribution in [0, 0.1) is 0 Å². The number of hydrogen-bond donors (Lipinski definition) is 0. The van der Waals surface area contributed by atoms with Crippen molar-refractivity contribution < 1.29 is 14.3 Å². The fourth-order valence-corrected chi connectivity index (χ4v) is 4.68. The summed E-state index contributed by atoms with van der Waals surface area (Å²) in [5.41, 5.74) is 2.27. The topological polar surface area (TPSA) is 82.8 Å². The molecule has 3 heterocycles. The Morgan fingerprint density at radius 3 is 2.62 bits per heavy atom. The highest BCUT2D eigenvalue weighted by Gasteiger charge is 2.33. The third kappa shape index (κ3) is 4.13. The SMILES string of the molecule is CCOC(=O)C1=C(C)N=c2sc(=Cc3cccnc3)c(=O)n2C1c1ccc(OCC)cc1. The smallest absolute Gasteiger partial charge is 0.338 e. The van der Waals surface area contributed by atoms with Crippen LogP contribution in [0.25, 0.3) is 6.08 Å². The number of esters is 1. The molecule has 0 saturated heterocycles. The highest BCUT2D eigenvalue weighted by atomic mass is 32.1. The molecule has 0 fully saturated rings. The molecule has 0 saturated carbocycles. The number of ether oxygens (including phenoxy) is 2. The molecule has 0 spiro atoms. The van der Waals surface area contributed by atoms with Gasteiger partial charge in [-0.05, 0) is 56.2 Å². The summed E-state index contributed by atoms with van der Waals surface area (Å²) in [7, 11) is 0. The van der Waals surface area contributed by atoms with Gasteiger partial charge in [-0.3, -0.25) is 14.3 Å². The molecule has 1 atom stereocenters. The zero-order chi connectivity index (χ0) is 22.7. The Bertz CT molecular complexity index is 1340. The van der Waals surface area contributed by atoms with E-state index in [0.29, 0.717) is 27.2 Å². The fourth-order valence-electron chi connectivity index (χ4n) is 3.63. The predicted molar refractivity (Wildman–Crippen MR) is 122 cm³/mol. The lowest BCUT2D eigenvalue weighted by molar-refractivity contribution is -0.139. The van der Waals surface area contributed by atoms with Gasteiger partial charge in [0.25, 0.3) is 5.56 Å². The van der Waals surface area contributed by atoms with Crippen LogP contribution in [0.2, 0.25) is 0 Å². The van der Waals surface area contributed by atoms with Crippen molar-refractivity contribution in [2.24, 2.45) is 4.99 Å². The van der Waals surface area contributed by atoms with Crippen LogP contribution in [0.15, 0.2) is 69.8 Å². The number of carbonyl (C=O) groups excluding carboxylic acids is 1. The molecule has 1 aromatic carbocycles. The van der Waals surface area contributed by atoms with E-state index in [2.05, 4.69) is 9.98 Å². The van der Waals surface area contributed by atoms with Crippen molar-refractivity contribution >= 4 is 23.4 Å². The Morgan fingerprint density at radius 2 is 1.97 bits per heavy atom. The molecule has 0 N–H and O–H groups in total. The minimum absolute atomic E-state index is 0.217. The zero-order valence-corrected chi connectivity index (χ0v) is 18.9. The van der Waals surface area contributed by atoms with Gasteiger partial charge >= 0.3 is 5.97 Å². The van der Waals surface area contributed by atoms with Crippen molar-refractivity contribution in [1.29, 1.82) is 0 Å². The summed E-state index contributed by atoms with van der Waals surface area (Å²) >= 11 is 1.29. The third-order valence-corrected chi connectivity index (χ3v) is 5.99. The average molecular weight is 450 g/mol. The monoisotopic (exact) mass is 449 g/mol. The van der Waals surface area contributed by atoms with Gasteiger partial charge in [0.1, 0.15) is 5.75 Å². The normalized spacial score (nSPS) is 15.8. The van der Waals surface area contributed by atoms with Crippen molar-refractivity contribution in [3.05, 3.63) is 90.9 Å². The van der Waals surface area contributed by atoms with Crippen molar-refractivity contribution in [3.63, 3.8) is 0 Å². The highest BCUT2D eigenvalue weighted by Crippen LogP contribution is 2.31. The van der Waals surface area contributed by atoms with E-state index < -0.39 is 12.0 Å². The van der Waals surface area contributed by atoms with E-state index in [9.17, 15) is 9.59 Å². The molecule has 7 nitrogen and oxygen atoms in total. The quantitative estimate of drug-likeness (QED) is 0.540. The molecule has 1 unspecified atom stereocenters. The molecule has 0 aliphatic carbocycles. The molecule has 0 radical (unpaired) electrons. The van der Waals surface area contributed by atoms with E-state index >= 15 is 0 Å². The summed E-state index contributed by atoms with van der Waals surface area (Å²) in [6, 6.07) is 10.5. The van der Waals surface area contributed by atoms with Gasteiger partial charge in [-0.25, -0.2) is 9.79 Å². The van der Waals surface area contributed by atoms with Crippen LogP contribution in [-0.2, 0) is 9.53 Å². The Hall–Kier alpha value is -3.52. The number of allylic oxidation sites excluding steroid dienone is 1. The first kappa shape index (κ1) is 21.7. The van der Waals surface area contributed by atoms with Gasteiger partial charge in [0.15, 0.2) is 4.80 Å². The summed E-state index contributed by atoms with van der Waals surface area (Å²) in [5.74, 6) is 0.243. The first-order valence-electron chi connectivity index (χ1n) is 10.4. The van der Waals surface area contributed by atoms with Crippen LogP contribution >= 0.6 is 11.3 Å². The van der Waals surface area contributed by atoms with E-state index in [-0.39, 0.29) is 12.2 Å². The Labute approximate surface area is 189 Å². The Morgan fingerprint density at radius 1 is 1.19 bits per heavy atom. The van der Waals surface area contributed by atoms with Crippen molar-refractivity contribution in [2.75, 3.05) is 13.2 Å². The molecule has 2 aromatic heterocycles. The van der Waals surface area contributed by atoms with Crippen molar-refractivity contribution in [3.8, 4) is 5.75 Å². The number of aromatic nitrogens is 2. The van der Waals surface area contributed by atoms with Gasteiger partial charge in [-0.1, -0.05) is 29.5 Å². The lowest BCUT2D eigenvalue weighted by Gasteiger charge is -2.24. The maximum absolute atomic E-state index is 13.5. The minimum Gasteiger partial charge on any atom is -0.494 e. The van der Waals surface area contributed by atoms with Crippen LogP contribution < -0.4 is 19.6 Å². The number of benzene rings is 1. The van der Waals surface area contributed by atoms with Gasteiger partial charge in [0.05, 0.1) is 35.1 Å². The van der Waals surface area contributed by atoms with Crippen LogP contribution in [-0.4, -0.2) is 28.7 Å². The number of fused-ring (bicyclic) bond motifs is 1. The molecule has 0 amide bonds. The number of thiazole rings is 1. The van der Waals surface area contributed by atoms with Crippen molar-refractivity contribution in [1.82, 2.24) is 9.55 Å². The molecule has 4 rings (SSSR count). The van der Waals surface area contributed by atoms with E-state index in [1.54, 1.807) is 36.9 Å². The molecule has 32 heavy (non-hydrogen) atoms. The second-order valence-electron chi connectivity index (χ2n) is 7.09. The second kappa shape index (κ2) is 9.32. The maximum atomic E-state index is 13.5. The zero-order valence-electron chi connectivity index (χ0n) is 18.1. The summed E-state index contributed by atoms with van der Waals surface area (Å²) < 4.78 is 13.0. The van der Waals surface area contributed by atoms with Gasteiger partial charge in [-0.15, -0.1) is 0 Å². The molecule has 1 aliphatic heterocycles. The minimum atomic E-state index is -0.642. The lowest BCUT2D eigenvalue weighted by atomic mass is 9.96. The fraction of sp³-hybridized carbons (Fsp3) is 0.250. The van der Waals surface area contributed by atoms with E-state index in [1.165, 1.54) is 11.3 Å². The van der Waals surface area contributed by atoms with E-state index in [1.807, 2.05) is 43.3 Å². The Kier molecular flexibility index (Phi) is 6.32. The summed E-state index contributed by atoms with van der Waals surface area (Å²) in [4.78, 5) is 35.6. The molecule has 164 valence electrons. The largest absolute Gasteiger partial charge is 0.494 e. The number of nitrogens with zero attached hydrogens (tertiary/aromatic N) is 3. The first-order valence-corrected chi connectivity index (χ1v) is 11.2. The number of rotatable bonds is 6. The molecule has 8 heteroatoms. The average Bonchev–Trinajstić information content (AvgIpc) is 3.09. The first-order chi connectivity index (χ1) is 15.5. The lowest BCUT2D eigenvalue weighted by Crippen LogP contribution is -2.39. The number of pyridine rings is 1. The van der Waals surface area contributed by atoms with E-state index in [4.69, 9.17) is 9.47 Å². The predicted octanol–water partition coefficient (Wildman–Crippen LogP) is 2.59. The van der Waals surface area contributed by atoms with Crippen LogP contribution in [0.1, 0.15) is 37.9 Å². The van der Waals surface area contributed by atoms with Crippen molar-refractivity contribution in [2.45, 2.75) is 26.8 Å². The summed E-state index contributed by atoms with van der Waals surface area (Å²) in [6.45, 7) is 6.22.